The van der Waals surface area contributed by atoms with Crippen molar-refractivity contribution in [1.82, 2.24) is 9.80 Å². The summed E-state index contributed by atoms with van der Waals surface area (Å²) in [5.41, 5.74) is 0. The maximum absolute atomic E-state index is 13.5. The van der Waals surface area contributed by atoms with Gasteiger partial charge in [0.25, 0.3) is 0 Å². The molecule has 1 heterocycles. The van der Waals surface area contributed by atoms with Gasteiger partial charge in [0.1, 0.15) is 19.5 Å². The molecule has 14 nitrogen and oxygen atoms in total. The molecule has 1 saturated heterocycles. The lowest BCUT2D eigenvalue weighted by atomic mass is 9.93. The third kappa shape index (κ3) is 32.7. The minimum absolute atomic E-state index is 0.0198. The number of carbonyl (C=O) groups is 6. The van der Waals surface area contributed by atoms with Crippen LogP contribution in [0.5, 0.6) is 0 Å². The molecule has 1 aliphatic rings. The van der Waals surface area contributed by atoms with Gasteiger partial charge in [-0.1, -0.05) is 156 Å². The average molecular weight is 995 g/mol. The molecule has 0 saturated carbocycles. The molecule has 0 aliphatic carbocycles. The predicted octanol–water partition coefficient (Wildman–Crippen LogP) is 12.3. The number of carboxylic acid groups (broad SMARTS) is 1. The number of likely N-dealkylation sites (N-methyl/N-ethyl adjacent to an activating group) is 2. The lowest BCUT2D eigenvalue weighted by molar-refractivity contribution is -0.181. The standard InChI is InChI=1S/C56H102N2O12/c1-7-11-15-19-21-27-35-47(33-25-17-13-9-3)54(64)57(5)44-52(62)66-40-31-23-29-38-56(69-46-49(70-56)37-42-68-51(61)43-50(59)60)39-30-24-32-41-67-53(63)45-58(6)55(65)48(34-26-18-14-10-4)36-28-22-20-16-12-8-2/h47-49H,7-46H2,1-6H3,(H,59,60). The third-order valence-corrected chi connectivity index (χ3v) is 13.7. The van der Waals surface area contributed by atoms with E-state index in [1.54, 1.807) is 23.9 Å². The molecule has 408 valence electrons. The minimum atomic E-state index is -1.25. The predicted molar refractivity (Wildman–Crippen MR) is 276 cm³/mol. The molecule has 3 unspecified atom stereocenters. The van der Waals surface area contributed by atoms with Crippen molar-refractivity contribution in [3.63, 3.8) is 0 Å². The van der Waals surface area contributed by atoms with Crippen molar-refractivity contribution in [3.05, 3.63) is 0 Å². The first-order valence-corrected chi connectivity index (χ1v) is 28.3. The summed E-state index contributed by atoms with van der Waals surface area (Å²) in [4.78, 5) is 78.3. The molecule has 0 spiro atoms. The topological polar surface area (TPSA) is 175 Å². The van der Waals surface area contributed by atoms with Crippen molar-refractivity contribution in [2.45, 2.75) is 258 Å². The van der Waals surface area contributed by atoms with E-state index in [0.717, 1.165) is 116 Å². The van der Waals surface area contributed by atoms with Crippen LogP contribution >= 0.6 is 0 Å². The first-order chi connectivity index (χ1) is 33.8. The van der Waals surface area contributed by atoms with Gasteiger partial charge < -0.3 is 38.6 Å². The monoisotopic (exact) mass is 995 g/mol. The highest BCUT2D eigenvalue weighted by atomic mass is 16.7. The van der Waals surface area contributed by atoms with Crippen LogP contribution in [-0.2, 0) is 52.5 Å². The van der Waals surface area contributed by atoms with E-state index in [4.69, 9.17) is 28.8 Å². The Morgan fingerprint density at radius 3 is 1.26 bits per heavy atom. The number of rotatable bonds is 47. The number of esters is 3. The van der Waals surface area contributed by atoms with Gasteiger partial charge in [-0.15, -0.1) is 0 Å². The van der Waals surface area contributed by atoms with Crippen LogP contribution in [0.4, 0.5) is 0 Å². The molecule has 0 aromatic carbocycles. The largest absolute Gasteiger partial charge is 0.481 e. The minimum Gasteiger partial charge on any atom is -0.481 e. The van der Waals surface area contributed by atoms with Crippen LogP contribution < -0.4 is 0 Å². The Balaban J connectivity index is 2.64. The summed E-state index contributed by atoms with van der Waals surface area (Å²) in [6.45, 7) is 9.50. The van der Waals surface area contributed by atoms with Gasteiger partial charge in [-0.25, -0.2) is 0 Å². The zero-order valence-corrected chi connectivity index (χ0v) is 45.3. The molecular weight excluding hydrogens is 893 g/mol. The Morgan fingerprint density at radius 1 is 0.500 bits per heavy atom. The van der Waals surface area contributed by atoms with Crippen LogP contribution in [0, 0.1) is 11.8 Å². The van der Waals surface area contributed by atoms with E-state index in [9.17, 15) is 28.8 Å². The lowest BCUT2D eigenvalue weighted by Gasteiger charge is -2.28. The van der Waals surface area contributed by atoms with Crippen LogP contribution in [0.15, 0.2) is 0 Å². The van der Waals surface area contributed by atoms with Gasteiger partial charge in [-0.3, -0.25) is 28.8 Å². The van der Waals surface area contributed by atoms with Gasteiger partial charge in [0.05, 0.1) is 32.5 Å². The quantitative estimate of drug-likeness (QED) is 0.0265. The molecule has 14 heteroatoms. The highest BCUT2D eigenvalue weighted by Crippen LogP contribution is 2.35. The molecule has 3 atom stereocenters. The summed E-state index contributed by atoms with van der Waals surface area (Å²) in [7, 11) is 3.41. The molecule has 1 aliphatic heterocycles. The SMILES string of the molecule is CCCCCCCCC(CCCCCC)C(=O)N(C)CC(=O)OCCCCCC1(CCCCCOC(=O)CN(C)C(=O)C(CCCCCC)CCCCCCCC)OCC(CCOC(=O)CC(=O)O)O1. The summed E-state index contributed by atoms with van der Waals surface area (Å²) in [6.07, 6.45) is 31.4. The molecule has 2 amide bonds. The molecule has 70 heavy (non-hydrogen) atoms. The van der Waals surface area contributed by atoms with E-state index in [-0.39, 0.29) is 62.7 Å². The van der Waals surface area contributed by atoms with Crippen molar-refractivity contribution < 1.29 is 57.6 Å². The number of nitrogens with zero attached hydrogens (tertiary/aromatic N) is 2. The van der Waals surface area contributed by atoms with Crippen LogP contribution in [-0.4, -0.2) is 116 Å². The summed E-state index contributed by atoms with van der Waals surface area (Å²) < 4.78 is 29.0. The molecule has 1 fully saturated rings. The molecule has 1 rings (SSSR count). The highest BCUT2D eigenvalue weighted by Gasteiger charge is 2.40. The highest BCUT2D eigenvalue weighted by molar-refractivity contribution is 5.90. The van der Waals surface area contributed by atoms with Gasteiger partial charge in [0.2, 0.25) is 11.8 Å². The molecule has 1 N–H and O–H groups in total. The first-order valence-electron chi connectivity index (χ1n) is 28.3. The van der Waals surface area contributed by atoms with E-state index in [1.165, 1.54) is 64.2 Å². The number of carbonyl (C=O) groups excluding carboxylic acids is 5. The number of ether oxygens (including phenoxy) is 5. The molecular formula is C56H102N2O12. The van der Waals surface area contributed by atoms with Crippen LogP contribution in [0.2, 0.25) is 0 Å². The Labute approximate surface area is 425 Å². The molecule has 0 radical (unpaired) electrons. The fourth-order valence-corrected chi connectivity index (χ4v) is 9.36. The fraction of sp³-hybridized carbons (Fsp3) is 0.893. The van der Waals surface area contributed by atoms with Crippen molar-refractivity contribution >= 4 is 35.7 Å². The van der Waals surface area contributed by atoms with E-state index < -0.39 is 36.1 Å². The Hall–Kier alpha value is -3.26. The summed E-state index contributed by atoms with van der Waals surface area (Å²) in [5, 5.41) is 8.88. The Morgan fingerprint density at radius 2 is 0.857 bits per heavy atom. The average Bonchev–Trinajstić information content (AvgIpc) is 3.73. The van der Waals surface area contributed by atoms with E-state index >= 15 is 0 Å². The number of aliphatic carboxylic acids is 1. The Bertz CT molecular complexity index is 1320. The van der Waals surface area contributed by atoms with Gasteiger partial charge in [-0.2, -0.15) is 0 Å². The van der Waals surface area contributed by atoms with Gasteiger partial charge in [0.15, 0.2) is 5.79 Å². The van der Waals surface area contributed by atoms with E-state index in [2.05, 4.69) is 27.7 Å². The van der Waals surface area contributed by atoms with Crippen LogP contribution in [0.25, 0.3) is 0 Å². The zero-order chi connectivity index (χ0) is 51.7. The van der Waals surface area contributed by atoms with Crippen molar-refractivity contribution in [3.8, 4) is 0 Å². The number of hydrogen-bond donors (Lipinski definition) is 1. The van der Waals surface area contributed by atoms with Gasteiger partial charge in [0, 0.05) is 45.2 Å². The maximum Gasteiger partial charge on any atom is 0.325 e. The third-order valence-electron chi connectivity index (χ3n) is 13.7. The van der Waals surface area contributed by atoms with Crippen molar-refractivity contribution in [2.24, 2.45) is 11.8 Å². The molecule has 0 bridgehead atoms. The lowest BCUT2D eigenvalue weighted by Crippen LogP contribution is -2.37. The maximum atomic E-state index is 13.5. The number of hydrogen-bond acceptors (Lipinski definition) is 11. The second-order valence-corrected chi connectivity index (χ2v) is 20.2. The van der Waals surface area contributed by atoms with Gasteiger partial charge >= 0.3 is 23.9 Å². The summed E-state index contributed by atoms with van der Waals surface area (Å²) in [5.74, 6) is -3.77. The van der Waals surface area contributed by atoms with E-state index in [0.29, 0.717) is 38.7 Å². The second-order valence-electron chi connectivity index (χ2n) is 20.2. The van der Waals surface area contributed by atoms with Crippen molar-refractivity contribution in [2.75, 3.05) is 53.6 Å². The normalized spacial score (nSPS) is 16.4. The van der Waals surface area contributed by atoms with Crippen LogP contribution in [0.3, 0.4) is 0 Å². The van der Waals surface area contributed by atoms with Gasteiger partial charge in [-0.05, 0) is 64.2 Å². The summed E-state index contributed by atoms with van der Waals surface area (Å²) in [6, 6.07) is 0. The van der Waals surface area contributed by atoms with Crippen LogP contribution in [0.1, 0.15) is 246 Å². The zero-order valence-electron chi connectivity index (χ0n) is 45.3. The number of unbranched alkanes of at least 4 members (excludes halogenated alkanes) is 20. The number of carboxylic acids is 1. The van der Waals surface area contributed by atoms with Crippen molar-refractivity contribution in [1.29, 1.82) is 0 Å². The first kappa shape index (κ1) is 64.8. The summed E-state index contributed by atoms with van der Waals surface area (Å²) >= 11 is 0. The number of amides is 2. The Kier molecular flexibility index (Phi) is 39.1. The fourth-order valence-electron chi connectivity index (χ4n) is 9.36. The molecule has 0 aromatic rings. The molecule has 0 aromatic heterocycles. The second kappa shape index (κ2) is 42.3. The van der Waals surface area contributed by atoms with E-state index in [1.807, 2.05) is 0 Å². The smallest absolute Gasteiger partial charge is 0.325 e.